The first-order valence-corrected chi connectivity index (χ1v) is 6.48. The predicted molar refractivity (Wildman–Crippen MR) is 78.6 cm³/mol. The largest absolute Gasteiger partial charge is 1.00 e. The molecule has 0 saturated carbocycles. The second-order valence-corrected chi connectivity index (χ2v) is 4.22. The van der Waals surface area contributed by atoms with E-state index in [1.165, 1.54) is 0 Å². The fraction of sp³-hybridized carbons (Fsp3) is 0. The maximum atomic E-state index is 10.4. The van der Waals surface area contributed by atoms with Crippen LogP contribution in [0.1, 0.15) is 20.7 Å². The van der Waals surface area contributed by atoms with Crippen molar-refractivity contribution in [2.75, 3.05) is 0 Å². The summed E-state index contributed by atoms with van der Waals surface area (Å²) < 4.78 is 0. The molecule has 0 aromatic heterocycles. The Morgan fingerprint density at radius 3 is 0.958 bits per heavy atom. The minimum Gasteiger partial charge on any atom is -0.652 e. The zero-order chi connectivity index (χ0) is 17.0. The molecule has 5 nitrogen and oxygen atoms in total. The molecule has 116 valence electrons. The van der Waals surface area contributed by atoms with Crippen molar-refractivity contribution in [2.24, 2.45) is 0 Å². The third-order valence-electron chi connectivity index (χ3n) is 2.00. The molecule has 0 radical (unpaired) electrons. The number of carbonyl (C=O) groups excluding carboxylic acids is 3. The number of rotatable bonds is 2. The van der Waals surface area contributed by atoms with E-state index < -0.39 is 16.6 Å². The number of hydrogen-bond donors (Lipinski definition) is 0. The van der Waals surface area contributed by atoms with Crippen LogP contribution in [0.2, 0.25) is 0 Å². The molecule has 0 unspecified atom stereocenters. The van der Waals surface area contributed by atoms with Crippen molar-refractivity contribution in [3.05, 3.63) is 71.8 Å². The molecule has 0 atom stereocenters. The fourth-order valence-electron chi connectivity index (χ4n) is 1.14. The van der Waals surface area contributed by atoms with Gasteiger partial charge in [-0.25, -0.2) is 0 Å². The van der Waals surface area contributed by atoms with E-state index in [2.05, 4.69) is 0 Å². The van der Waals surface area contributed by atoms with E-state index >= 15 is 0 Å². The second kappa shape index (κ2) is 16.7. The molecular formula is C15H10Cl2Li2O5. The summed E-state index contributed by atoms with van der Waals surface area (Å²) in [6, 6.07) is 17.5. The molecule has 0 saturated heterocycles. The normalized spacial score (nSPS) is 7.75. The van der Waals surface area contributed by atoms with E-state index in [-0.39, 0.29) is 37.7 Å². The maximum Gasteiger partial charge on any atom is 1.00 e. The molecule has 0 aliphatic rings. The van der Waals surface area contributed by atoms with Gasteiger partial charge >= 0.3 is 37.7 Å². The van der Waals surface area contributed by atoms with Crippen LogP contribution in [0.4, 0.5) is 4.79 Å². The predicted octanol–water partition coefficient (Wildman–Crippen LogP) is -4.31. The van der Waals surface area contributed by atoms with Crippen LogP contribution in [0.5, 0.6) is 0 Å². The van der Waals surface area contributed by atoms with Crippen LogP contribution >= 0.6 is 23.2 Å². The molecule has 0 fully saturated rings. The van der Waals surface area contributed by atoms with E-state index in [1.807, 2.05) is 12.1 Å². The number of benzene rings is 2. The van der Waals surface area contributed by atoms with Gasteiger partial charge in [-0.05, 0) is 29.4 Å². The first-order chi connectivity index (χ1) is 10.3. The molecule has 0 N–H and O–H groups in total. The Morgan fingerprint density at radius 1 is 0.625 bits per heavy atom. The molecule has 24 heavy (non-hydrogen) atoms. The summed E-state index contributed by atoms with van der Waals surface area (Å²) in [6.07, 6.45) is -2.33. The Balaban J connectivity index is -0.000000283. The van der Waals surface area contributed by atoms with Crippen molar-refractivity contribution in [3.63, 3.8) is 0 Å². The fourth-order valence-corrected chi connectivity index (χ4v) is 1.39. The van der Waals surface area contributed by atoms with Gasteiger partial charge in [0.15, 0.2) is 0 Å². The summed E-state index contributed by atoms with van der Waals surface area (Å²) in [7, 11) is 0. The van der Waals surface area contributed by atoms with Crippen molar-refractivity contribution in [3.8, 4) is 0 Å². The standard InChI is InChI=1S/2C7H5ClO.CH2O3.2Li/c2*8-7(9)6-4-2-1-3-5-6;2-1(3)4;;/h2*1-5H;(H2,2,3,4);;/q;;;2*+1/p-2. The number of hydrogen-bond acceptors (Lipinski definition) is 5. The van der Waals surface area contributed by atoms with E-state index in [0.29, 0.717) is 11.1 Å². The Bertz CT molecular complexity index is 556. The van der Waals surface area contributed by atoms with Gasteiger partial charge in [0, 0.05) is 11.1 Å². The van der Waals surface area contributed by atoms with Crippen LogP contribution in [-0.4, -0.2) is 16.6 Å². The van der Waals surface area contributed by atoms with Crippen LogP contribution in [0.3, 0.4) is 0 Å². The molecule has 0 aliphatic heterocycles. The maximum absolute atomic E-state index is 10.4. The third kappa shape index (κ3) is 15.7. The molecule has 0 bridgehead atoms. The summed E-state index contributed by atoms with van der Waals surface area (Å²) in [4.78, 5) is 29.2. The van der Waals surface area contributed by atoms with Crippen LogP contribution < -0.4 is 47.9 Å². The number of halogens is 2. The van der Waals surface area contributed by atoms with E-state index in [4.69, 9.17) is 38.2 Å². The number of carboxylic acid groups (broad SMARTS) is 2. The van der Waals surface area contributed by atoms with Gasteiger partial charge in [-0.1, -0.05) is 60.7 Å². The molecule has 0 aliphatic carbocycles. The van der Waals surface area contributed by atoms with Crippen molar-refractivity contribution in [1.82, 2.24) is 0 Å². The zero-order valence-corrected chi connectivity index (χ0v) is 14.6. The van der Waals surface area contributed by atoms with E-state index in [0.717, 1.165) is 0 Å². The molecular weight excluding hydrogens is 345 g/mol. The topological polar surface area (TPSA) is 97.3 Å². The molecule has 0 spiro atoms. The van der Waals surface area contributed by atoms with Gasteiger partial charge < -0.3 is 15.0 Å². The Morgan fingerprint density at radius 2 is 0.833 bits per heavy atom. The van der Waals surface area contributed by atoms with Gasteiger partial charge in [0.25, 0.3) is 10.5 Å². The Kier molecular flexibility index (Phi) is 19.2. The van der Waals surface area contributed by atoms with Gasteiger partial charge in [-0.2, -0.15) is 0 Å². The molecule has 2 rings (SSSR count). The van der Waals surface area contributed by atoms with Crippen LogP contribution in [0.25, 0.3) is 0 Å². The smallest absolute Gasteiger partial charge is 0.652 e. The minimum atomic E-state index is -2.33. The summed E-state index contributed by atoms with van der Waals surface area (Å²) in [5.74, 6) is 0. The number of carbonyl (C=O) groups is 3. The molecule has 9 heteroatoms. The average Bonchev–Trinajstić information content (AvgIpc) is 2.49. The van der Waals surface area contributed by atoms with Gasteiger partial charge in [0.1, 0.15) is 0 Å². The van der Waals surface area contributed by atoms with Crippen LogP contribution in [-0.2, 0) is 0 Å². The van der Waals surface area contributed by atoms with Gasteiger partial charge in [-0.15, -0.1) is 0 Å². The summed E-state index contributed by atoms with van der Waals surface area (Å²) >= 11 is 10.3. The summed E-state index contributed by atoms with van der Waals surface area (Å²) in [6.45, 7) is 0. The summed E-state index contributed by atoms with van der Waals surface area (Å²) in [5.41, 5.74) is 1.08. The average molecular weight is 355 g/mol. The van der Waals surface area contributed by atoms with Crippen molar-refractivity contribution < 1.29 is 62.3 Å². The third-order valence-corrected chi connectivity index (χ3v) is 2.44. The minimum absolute atomic E-state index is 0. The van der Waals surface area contributed by atoms with Crippen molar-refractivity contribution in [2.45, 2.75) is 0 Å². The molecule has 0 heterocycles. The quantitative estimate of drug-likeness (QED) is 0.401. The monoisotopic (exact) mass is 354 g/mol. The van der Waals surface area contributed by atoms with E-state index in [1.54, 1.807) is 48.5 Å². The Hall–Kier alpha value is -1.18. The van der Waals surface area contributed by atoms with E-state index in [9.17, 15) is 9.59 Å². The van der Waals surface area contributed by atoms with Gasteiger partial charge in [0.05, 0.1) is 0 Å². The SMILES string of the molecule is O=C(Cl)c1ccccc1.O=C(Cl)c1ccccc1.O=C([O-])[O-].[Li+].[Li+]. The molecule has 2 aromatic rings. The van der Waals surface area contributed by atoms with Gasteiger partial charge in [-0.3, -0.25) is 9.59 Å². The zero-order valence-electron chi connectivity index (χ0n) is 13.1. The van der Waals surface area contributed by atoms with Crippen molar-refractivity contribution in [1.29, 1.82) is 0 Å². The molecule has 0 amide bonds. The van der Waals surface area contributed by atoms with Crippen molar-refractivity contribution >= 4 is 39.8 Å². The first-order valence-electron chi connectivity index (χ1n) is 5.72. The summed E-state index contributed by atoms with van der Waals surface area (Å²) in [5, 5.41) is 15.9. The van der Waals surface area contributed by atoms with Crippen LogP contribution in [0, 0.1) is 0 Å². The Labute approximate surface area is 173 Å². The first kappa shape index (κ1) is 27.7. The van der Waals surface area contributed by atoms with Crippen LogP contribution in [0.15, 0.2) is 60.7 Å². The molecule has 2 aromatic carbocycles. The van der Waals surface area contributed by atoms with Gasteiger partial charge in [0.2, 0.25) is 0 Å². The second-order valence-electron chi connectivity index (χ2n) is 3.53.